The third kappa shape index (κ3) is 2.61. The van der Waals surface area contributed by atoms with Crippen LogP contribution in [0.15, 0.2) is 35.2 Å². The molecule has 0 fully saturated rings. The number of hydrogen-bond donors (Lipinski definition) is 0. The van der Waals surface area contributed by atoms with Crippen molar-refractivity contribution in [3.05, 3.63) is 46.5 Å². The van der Waals surface area contributed by atoms with Crippen molar-refractivity contribution in [3.63, 3.8) is 0 Å². The van der Waals surface area contributed by atoms with Crippen LogP contribution in [0.4, 0.5) is 0 Å². The normalized spacial score (nSPS) is 10.4. The highest BCUT2D eigenvalue weighted by molar-refractivity contribution is 9.10. The number of Topliss-reactive ketones (excluding diaryl/α,β-unsaturated/α-hetero) is 1. The molecule has 18 heavy (non-hydrogen) atoms. The van der Waals surface area contributed by atoms with Gasteiger partial charge < -0.3 is 9.30 Å². The summed E-state index contributed by atoms with van der Waals surface area (Å²) in [6, 6.07) is 5.63. The lowest BCUT2D eigenvalue weighted by Gasteiger charge is -2.06. The monoisotopic (exact) mass is 308 g/mol. The summed E-state index contributed by atoms with van der Waals surface area (Å²) in [6.07, 6.45) is 3.56. The van der Waals surface area contributed by atoms with Gasteiger partial charge in [-0.1, -0.05) is 6.07 Å². The molecule has 0 bridgehead atoms. The summed E-state index contributed by atoms with van der Waals surface area (Å²) in [7, 11) is 3.42. The molecule has 94 valence electrons. The topological polar surface area (TPSA) is 44.1 Å². The van der Waals surface area contributed by atoms with E-state index in [-0.39, 0.29) is 5.78 Å². The second-order valence-electron chi connectivity index (χ2n) is 3.96. The molecule has 0 aliphatic carbocycles. The molecule has 5 heteroatoms. The van der Waals surface area contributed by atoms with Gasteiger partial charge >= 0.3 is 0 Å². The van der Waals surface area contributed by atoms with Gasteiger partial charge in [-0.25, -0.2) is 4.98 Å². The zero-order chi connectivity index (χ0) is 13.1. The van der Waals surface area contributed by atoms with Crippen molar-refractivity contribution in [1.82, 2.24) is 9.55 Å². The van der Waals surface area contributed by atoms with Gasteiger partial charge in [-0.2, -0.15) is 0 Å². The average Bonchev–Trinajstić information content (AvgIpc) is 2.76. The van der Waals surface area contributed by atoms with Crippen LogP contribution in [0, 0.1) is 0 Å². The number of hydrogen-bond acceptors (Lipinski definition) is 3. The van der Waals surface area contributed by atoms with Gasteiger partial charge in [0.2, 0.25) is 0 Å². The maximum Gasteiger partial charge on any atom is 0.185 e. The van der Waals surface area contributed by atoms with Crippen LogP contribution in [0.25, 0.3) is 0 Å². The van der Waals surface area contributed by atoms with Crippen molar-refractivity contribution < 1.29 is 9.53 Å². The quantitative estimate of drug-likeness (QED) is 0.816. The Kier molecular flexibility index (Phi) is 3.81. The van der Waals surface area contributed by atoms with Crippen LogP contribution in [0.5, 0.6) is 5.75 Å². The molecule has 0 saturated heterocycles. The molecular weight excluding hydrogens is 296 g/mol. The van der Waals surface area contributed by atoms with Crippen molar-refractivity contribution in [2.75, 3.05) is 7.11 Å². The van der Waals surface area contributed by atoms with Crippen molar-refractivity contribution in [1.29, 1.82) is 0 Å². The van der Waals surface area contributed by atoms with Crippen LogP contribution < -0.4 is 4.74 Å². The number of nitrogens with zero attached hydrogens (tertiary/aromatic N) is 2. The van der Waals surface area contributed by atoms with Crippen LogP contribution in [0.2, 0.25) is 0 Å². The minimum Gasteiger partial charge on any atom is -0.496 e. The Labute approximate surface area is 114 Å². The molecule has 1 aromatic heterocycles. The Bertz CT molecular complexity index is 578. The molecule has 0 unspecified atom stereocenters. The van der Waals surface area contributed by atoms with E-state index in [1.54, 1.807) is 24.2 Å². The van der Waals surface area contributed by atoms with Gasteiger partial charge in [-0.3, -0.25) is 4.79 Å². The van der Waals surface area contributed by atoms with E-state index in [1.807, 2.05) is 25.2 Å². The van der Waals surface area contributed by atoms with Gasteiger partial charge in [0.15, 0.2) is 5.78 Å². The summed E-state index contributed by atoms with van der Waals surface area (Å²) < 4.78 is 7.72. The van der Waals surface area contributed by atoms with Crippen molar-refractivity contribution in [2.24, 2.45) is 7.05 Å². The fourth-order valence-corrected chi connectivity index (χ4v) is 2.31. The number of benzene rings is 1. The Hall–Kier alpha value is -1.62. The van der Waals surface area contributed by atoms with Gasteiger partial charge in [0.25, 0.3) is 0 Å². The number of aromatic nitrogens is 2. The maximum atomic E-state index is 12.1. The number of methoxy groups -OCH3 is 1. The molecule has 1 aromatic carbocycles. The van der Waals surface area contributed by atoms with E-state index in [4.69, 9.17) is 4.74 Å². The van der Waals surface area contributed by atoms with E-state index in [0.717, 1.165) is 15.8 Å². The number of ether oxygens (including phenoxy) is 1. The van der Waals surface area contributed by atoms with Crippen LogP contribution in [-0.4, -0.2) is 22.4 Å². The number of ketones is 1. The lowest BCUT2D eigenvalue weighted by Crippen LogP contribution is -2.08. The van der Waals surface area contributed by atoms with E-state index in [1.165, 1.54) is 0 Å². The number of halogens is 1. The molecule has 0 aliphatic heterocycles. The number of rotatable bonds is 4. The smallest absolute Gasteiger partial charge is 0.185 e. The third-order valence-corrected chi connectivity index (χ3v) is 3.30. The molecule has 2 rings (SSSR count). The van der Waals surface area contributed by atoms with Crippen LogP contribution in [0.1, 0.15) is 16.1 Å². The first-order valence-corrected chi connectivity index (χ1v) is 6.23. The summed E-state index contributed by atoms with van der Waals surface area (Å²) >= 11 is 3.41. The van der Waals surface area contributed by atoms with Crippen molar-refractivity contribution in [3.8, 4) is 5.75 Å². The van der Waals surface area contributed by atoms with Gasteiger partial charge in [0.05, 0.1) is 24.1 Å². The van der Waals surface area contributed by atoms with E-state index >= 15 is 0 Å². The molecule has 0 aliphatic rings. The Morgan fingerprint density at radius 1 is 1.50 bits per heavy atom. The second-order valence-corrected chi connectivity index (χ2v) is 4.81. The largest absolute Gasteiger partial charge is 0.496 e. The third-order valence-electron chi connectivity index (χ3n) is 2.68. The highest BCUT2D eigenvalue weighted by atomic mass is 79.9. The van der Waals surface area contributed by atoms with Gasteiger partial charge in [0.1, 0.15) is 11.4 Å². The molecule has 4 nitrogen and oxygen atoms in total. The lowest BCUT2D eigenvalue weighted by molar-refractivity contribution is 0.0985. The standard InChI is InChI=1S/C13H13BrN2O2/c1-16-8-15-7-11(16)12(17)6-9-3-4-13(18-2)10(14)5-9/h3-5,7-8H,6H2,1-2H3. The molecule has 2 aromatic rings. The predicted octanol–water partition coefficient (Wildman–Crippen LogP) is 2.62. The molecule has 0 spiro atoms. The Balaban J connectivity index is 2.17. The van der Waals surface area contributed by atoms with Crippen LogP contribution in [0.3, 0.4) is 0 Å². The molecular formula is C13H13BrN2O2. The van der Waals surface area contributed by atoms with Crippen molar-refractivity contribution in [2.45, 2.75) is 6.42 Å². The minimum absolute atomic E-state index is 0.0482. The summed E-state index contributed by atoms with van der Waals surface area (Å²) in [5.74, 6) is 0.804. The van der Waals surface area contributed by atoms with Crippen LogP contribution >= 0.6 is 15.9 Å². The molecule has 0 N–H and O–H groups in total. The lowest BCUT2D eigenvalue weighted by atomic mass is 10.1. The molecule has 0 radical (unpaired) electrons. The summed E-state index contributed by atoms with van der Waals surface area (Å²) in [6.45, 7) is 0. The highest BCUT2D eigenvalue weighted by Gasteiger charge is 2.11. The Morgan fingerprint density at radius 3 is 2.83 bits per heavy atom. The van der Waals surface area contributed by atoms with Gasteiger partial charge in [-0.15, -0.1) is 0 Å². The minimum atomic E-state index is 0.0482. The highest BCUT2D eigenvalue weighted by Crippen LogP contribution is 2.26. The van der Waals surface area contributed by atoms with Crippen molar-refractivity contribution >= 4 is 21.7 Å². The van der Waals surface area contributed by atoms with Gasteiger partial charge in [-0.05, 0) is 33.6 Å². The predicted molar refractivity (Wildman–Crippen MR) is 71.9 cm³/mol. The number of carbonyl (C=O) groups excluding carboxylic acids is 1. The second kappa shape index (κ2) is 5.35. The first kappa shape index (κ1) is 12.8. The van der Waals surface area contributed by atoms with Gasteiger partial charge in [0, 0.05) is 13.5 Å². The fourth-order valence-electron chi connectivity index (χ4n) is 1.72. The van der Waals surface area contributed by atoms with Crippen LogP contribution in [-0.2, 0) is 13.5 Å². The summed E-state index contributed by atoms with van der Waals surface area (Å²) in [4.78, 5) is 16.0. The first-order valence-electron chi connectivity index (χ1n) is 5.43. The SMILES string of the molecule is COc1ccc(CC(=O)c2cncn2C)cc1Br. The molecule has 0 atom stereocenters. The molecule has 1 heterocycles. The fraction of sp³-hybridized carbons (Fsp3) is 0.231. The summed E-state index contributed by atoms with van der Waals surface area (Å²) in [5.41, 5.74) is 1.55. The Morgan fingerprint density at radius 2 is 2.28 bits per heavy atom. The summed E-state index contributed by atoms with van der Waals surface area (Å²) in [5, 5.41) is 0. The zero-order valence-corrected chi connectivity index (χ0v) is 11.8. The number of aryl methyl sites for hydroxylation is 1. The van der Waals surface area contributed by atoms with E-state index in [9.17, 15) is 4.79 Å². The molecule has 0 saturated carbocycles. The zero-order valence-electron chi connectivity index (χ0n) is 10.2. The number of imidazole rings is 1. The number of carbonyl (C=O) groups is 1. The average molecular weight is 309 g/mol. The van der Waals surface area contributed by atoms with E-state index < -0.39 is 0 Å². The first-order chi connectivity index (χ1) is 8.61. The maximum absolute atomic E-state index is 12.1. The van der Waals surface area contributed by atoms with E-state index in [0.29, 0.717) is 12.1 Å². The molecule has 0 amide bonds. The van der Waals surface area contributed by atoms with E-state index in [2.05, 4.69) is 20.9 Å².